The van der Waals surface area contributed by atoms with Crippen LogP contribution in [0.1, 0.15) is 245 Å². The quantitative estimate of drug-likeness (QED) is 0.0393. The Labute approximate surface area is 307 Å². The fraction of sp³-hybridized carbons (Fsp3) is 0.933. The Bertz CT molecular complexity index is 648. The lowest BCUT2D eigenvalue weighted by atomic mass is 10.0. The number of ether oxygens (including phenoxy) is 2. The van der Waals surface area contributed by atoms with Crippen LogP contribution >= 0.6 is 0 Å². The van der Waals surface area contributed by atoms with E-state index < -0.39 is 6.10 Å². The van der Waals surface area contributed by atoms with Crippen LogP contribution in [0.2, 0.25) is 0 Å². The Morgan fingerprint density at radius 1 is 0.469 bits per heavy atom. The molecule has 4 heteroatoms. The first-order chi connectivity index (χ1) is 24.2. The number of hydrogen-bond donors (Lipinski definition) is 1. The zero-order valence-corrected chi connectivity index (χ0v) is 33.5. The minimum Gasteiger partial charge on any atom is -0.457 e. The summed E-state index contributed by atoms with van der Waals surface area (Å²) in [7, 11) is 0. The van der Waals surface area contributed by atoms with Crippen LogP contribution in [-0.2, 0) is 14.3 Å². The van der Waals surface area contributed by atoms with Crippen molar-refractivity contribution in [2.75, 3.05) is 19.8 Å². The highest BCUT2D eigenvalue weighted by molar-refractivity contribution is 5.69. The molecular formula is C45H88O4. The number of unbranched alkanes of at least 4 members (excludes halogenated alkanes) is 32. The molecule has 0 saturated carbocycles. The van der Waals surface area contributed by atoms with Crippen molar-refractivity contribution in [3.8, 4) is 0 Å². The molecule has 1 atom stereocenters. The average molecular weight is 693 g/mol. The molecule has 0 amide bonds. The van der Waals surface area contributed by atoms with Crippen LogP contribution in [0.3, 0.4) is 0 Å². The summed E-state index contributed by atoms with van der Waals surface area (Å²) >= 11 is 0. The van der Waals surface area contributed by atoms with Gasteiger partial charge in [-0.15, -0.1) is 0 Å². The van der Waals surface area contributed by atoms with E-state index in [2.05, 4.69) is 26.0 Å². The van der Waals surface area contributed by atoms with Crippen molar-refractivity contribution in [1.29, 1.82) is 0 Å². The van der Waals surface area contributed by atoms with Gasteiger partial charge in [0.05, 0.1) is 13.2 Å². The zero-order valence-electron chi connectivity index (χ0n) is 33.5. The number of aliphatic hydroxyl groups excluding tert-OH is 1. The van der Waals surface area contributed by atoms with Gasteiger partial charge in [-0.3, -0.25) is 4.79 Å². The second-order valence-electron chi connectivity index (χ2n) is 15.1. The van der Waals surface area contributed by atoms with E-state index in [1.807, 2.05) is 0 Å². The molecule has 0 heterocycles. The molecule has 49 heavy (non-hydrogen) atoms. The van der Waals surface area contributed by atoms with Gasteiger partial charge in [0.15, 0.2) is 0 Å². The standard InChI is InChI=1S/C45H88O4/c1-3-5-7-9-11-13-15-17-19-20-21-22-23-24-25-26-27-28-30-32-34-36-38-40-45(47)49-44(42-46)43-48-41-39-37-35-33-31-29-18-16-14-12-10-8-6-4-2/h14,16,44,46H,3-13,15,17-43H2,1-2H3/b16-14-. The number of carbonyl (C=O) groups is 1. The predicted octanol–water partition coefficient (Wildman–Crippen LogP) is 14.5. The van der Waals surface area contributed by atoms with E-state index in [4.69, 9.17) is 9.47 Å². The molecule has 0 aromatic carbocycles. The monoisotopic (exact) mass is 693 g/mol. The number of allylic oxidation sites excluding steroid dienone is 2. The van der Waals surface area contributed by atoms with Crippen LogP contribution in [-0.4, -0.2) is 37.0 Å². The molecule has 0 rings (SSSR count). The molecule has 4 nitrogen and oxygen atoms in total. The third-order valence-corrected chi connectivity index (χ3v) is 10.1. The largest absolute Gasteiger partial charge is 0.457 e. The molecule has 0 radical (unpaired) electrons. The fourth-order valence-corrected chi connectivity index (χ4v) is 6.74. The highest BCUT2D eigenvalue weighted by Crippen LogP contribution is 2.16. The third-order valence-electron chi connectivity index (χ3n) is 10.1. The molecule has 0 aromatic rings. The summed E-state index contributed by atoms with van der Waals surface area (Å²) in [6.45, 7) is 5.36. The smallest absolute Gasteiger partial charge is 0.306 e. The van der Waals surface area contributed by atoms with E-state index >= 15 is 0 Å². The summed E-state index contributed by atoms with van der Waals surface area (Å²) < 4.78 is 11.2. The summed E-state index contributed by atoms with van der Waals surface area (Å²) in [5, 5.41) is 9.60. The van der Waals surface area contributed by atoms with Crippen molar-refractivity contribution >= 4 is 5.97 Å². The number of rotatable bonds is 42. The summed E-state index contributed by atoms with van der Waals surface area (Å²) in [6, 6.07) is 0. The first-order valence-corrected chi connectivity index (χ1v) is 22.3. The molecule has 0 saturated heterocycles. The molecule has 292 valence electrons. The minimum absolute atomic E-state index is 0.168. The van der Waals surface area contributed by atoms with Gasteiger partial charge in [-0.1, -0.05) is 212 Å². The van der Waals surface area contributed by atoms with Crippen LogP contribution in [0, 0.1) is 0 Å². The molecule has 1 unspecified atom stereocenters. The molecule has 0 bridgehead atoms. The zero-order chi connectivity index (χ0) is 35.6. The second kappa shape index (κ2) is 43.3. The number of hydrogen-bond acceptors (Lipinski definition) is 4. The Hall–Kier alpha value is -0.870. The normalized spacial score (nSPS) is 12.3. The van der Waals surface area contributed by atoms with Crippen LogP contribution in [0.15, 0.2) is 12.2 Å². The van der Waals surface area contributed by atoms with Crippen molar-refractivity contribution in [3.05, 3.63) is 12.2 Å². The van der Waals surface area contributed by atoms with Crippen molar-refractivity contribution in [3.63, 3.8) is 0 Å². The van der Waals surface area contributed by atoms with Gasteiger partial charge in [-0.25, -0.2) is 0 Å². The van der Waals surface area contributed by atoms with Gasteiger partial charge >= 0.3 is 5.97 Å². The van der Waals surface area contributed by atoms with Gasteiger partial charge in [0, 0.05) is 13.0 Å². The Morgan fingerprint density at radius 3 is 1.18 bits per heavy atom. The van der Waals surface area contributed by atoms with E-state index in [0.717, 1.165) is 19.3 Å². The highest BCUT2D eigenvalue weighted by atomic mass is 16.6. The maximum absolute atomic E-state index is 12.2. The van der Waals surface area contributed by atoms with Crippen LogP contribution in [0.4, 0.5) is 0 Å². The lowest BCUT2D eigenvalue weighted by Gasteiger charge is -2.15. The predicted molar refractivity (Wildman–Crippen MR) is 214 cm³/mol. The number of aliphatic hydroxyl groups is 1. The highest BCUT2D eigenvalue weighted by Gasteiger charge is 2.13. The minimum atomic E-state index is -0.531. The Kier molecular flexibility index (Phi) is 42.5. The van der Waals surface area contributed by atoms with E-state index in [9.17, 15) is 9.90 Å². The maximum atomic E-state index is 12.2. The van der Waals surface area contributed by atoms with Crippen molar-refractivity contribution < 1.29 is 19.4 Å². The SMILES string of the molecule is CCCCCC/C=C\CCCCCCCCOCC(CO)OC(=O)CCCCCCCCCCCCCCCCCCCCCCCCC. The number of esters is 1. The molecule has 0 aliphatic carbocycles. The van der Waals surface area contributed by atoms with Gasteiger partial charge in [-0.05, 0) is 38.5 Å². The van der Waals surface area contributed by atoms with Gasteiger partial charge in [0.25, 0.3) is 0 Å². The molecule has 0 spiro atoms. The van der Waals surface area contributed by atoms with Gasteiger partial charge in [0.1, 0.15) is 6.10 Å². The molecular weight excluding hydrogens is 604 g/mol. The molecule has 0 aliphatic rings. The summed E-state index contributed by atoms with van der Waals surface area (Å²) in [6.07, 6.45) is 51.4. The molecule has 0 fully saturated rings. The van der Waals surface area contributed by atoms with Crippen molar-refractivity contribution in [2.24, 2.45) is 0 Å². The third kappa shape index (κ3) is 41.4. The molecule has 0 aromatic heterocycles. The summed E-state index contributed by atoms with van der Waals surface area (Å²) in [4.78, 5) is 12.2. The van der Waals surface area contributed by atoms with E-state index in [-0.39, 0.29) is 12.6 Å². The van der Waals surface area contributed by atoms with Gasteiger partial charge < -0.3 is 14.6 Å². The Morgan fingerprint density at radius 2 is 0.796 bits per heavy atom. The fourth-order valence-electron chi connectivity index (χ4n) is 6.74. The van der Waals surface area contributed by atoms with Gasteiger partial charge in [-0.2, -0.15) is 0 Å². The first-order valence-electron chi connectivity index (χ1n) is 22.3. The summed E-state index contributed by atoms with van der Waals surface area (Å²) in [5.41, 5.74) is 0. The molecule has 1 N–H and O–H groups in total. The van der Waals surface area contributed by atoms with Crippen LogP contribution in [0.25, 0.3) is 0 Å². The average Bonchev–Trinajstić information content (AvgIpc) is 3.11. The van der Waals surface area contributed by atoms with E-state index in [1.165, 1.54) is 205 Å². The number of carbonyl (C=O) groups excluding carboxylic acids is 1. The van der Waals surface area contributed by atoms with Crippen LogP contribution in [0.5, 0.6) is 0 Å². The molecule has 0 aliphatic heterocycles. The van der Waals surface area contributed by atoms with Crippen molar-refractivity contribution in [2.45, 2.75) is 251 Å². The van der Waals surface area contributed by atoms with E-state index in [0.29, 0.717) is 19.6 Å². The topological polar surface area (TPSA) is 55.8 Å². The Balaban J connectivity index is 3.35. The lowest BCUT2D eigenvalue weighted by molar-refractivity contribution is -0.154. The van der Waals surface area contributed by atoms with Gasteiger partial charge in [0.2, 0.25) is 0 Å². The maximum Gasteiger partial charge on any atom is 0.306 e. The second-order valence-corrected chi connectivity index (χ2v) is 15.1. The van der Waals surface area contributed by atoms with E-state index in [1.54, 1.807) is 0 Å². The summed E-state index contributed by atoms with van der Waals surface area (Å²) in [5.74, 6) is -0.197. The van der Waals surface area contributed by atoms with Crippen LogP contribution < -0.4 is 0 Å². The lowest BCUT2D eigenvalue weighted by Crippen LogP contribution is -2.27. The first kappa shape index (κ1) is 48.1. The van der Waals surface area contributed by atoms with Crippen molar-refractivity contribution in [1.82, 2.24) is 0 Å².